The maximum absolute atomic E-state index is 10.7. The number of allylic oxidation sites excluding steroid dienone is 1. The average molecular weight is 301 g/mol. The summed E-state index contributed by atoms with van der Waals surface area (Å²) in [5.74, 6) is -0.335. The first-order valence-corrected chi connectivity index (χ1v) is 5.62. The minimum Gasteiger partial charge on any atom is -0.374 e. The summed E-state index contributed by atoms with van der Waals surface area (Å²) in [6.45, 7) is 0. The lowest BCUT2D eigenvalue weighted by molar-refractivity contribution is -0.428. The molecule has 0 aliphatic heterocycles. The minimum absolute atomic E-state index is 0.335. The van der Waals surface area contributed by atoms with Gasteiger partial charge in [0.15, 0.2) is 0 Å². The van der Waals surface area contributed by atoms with E-state index >= 15 is 0 Å². The second kappa shape index (κ2) is 5.62. The summed E-state index contributed by atoms with van der Waals surface area (Å²) in [7, 11) is 3.44. The van der Waals surface area contributed by atoms with E-state index < -0.39 is 4.92 Å². The molecule has 0 aliphatic carbocycles. The first-order valence-electron chi connectivity index (χ1n) is 4.82. The molecule has 0 radical (unpaired) electrons. The van der Waals surface area contributed by atoms with Crippen LogP contribution in [0.25, 0.3) is 0 Å². The molecule has 92 valence electrons. The van der Waals surface area contributed by atoms with Crippen LogP contribution in [0.5, 0.6) is 0 Å². The van der Waals surface area contributed by atoms with Gasteiger partial charge in [0.1, 0.15) is 10.3 Å². The lowest BCUT2D eigenvalue weighted by Crippen LogP contribution is -2.23. The standard InChI is InChI=1S/C10H13BrN4O2/c1-14(2)8(10(12)15(16)17)5-7-3-4-9(11)13-6-7/h3-4,6H,5,12H2,1-2H3. The molecule has 0 atom stereocenters. The number of halogens is 1. The summed E-state index contributed by atoms with van der Waals surface area (Å²) in [5, 5.41) is 10.7. The molecule has 0 amide bonds. The molecule has 0 aromatic carbocycles. The molecule has 1 rings (SSSR count). The molecule has 2 N–H and O–H groups in total. The van der Waals surface area contributed by atoms with Crippen LogP contribution in [0, 0.1) is 10.1 Å². The van der Waals surface area contributed by atoms with Crippen molar-refractivity contribution in [2.45, 2.75) is 6.42 Å². The smallest absolute Gasteiger partial charge is 0.333 e. The fourth-order valence-electron chi connectivity index (χ4n) is 1.29. The Kier molecular flexibility index (Phi) is 4.45. The van der Waals surface area contributed by atoms with Crippen LogP contribution in [0.15, 0.2) is 34.5 Å². The van der Waals surface area contributed by atoms with Crippen molar-refractivity contribution in [3.8, 4) is 0 Å². The molecule has 1 heterocycles. The average Bonchev–Trinajstić information content (AvgIpc) is 2.26. The first kappa shape index (κ1) is 13.4. The van der Waals surface area contributed by atoms with Gasteiger partial charge in [-0.3, -0.25) is 5.73 Å². The number of rotatable bonds is 4. The number of likely N-dealkylation sites (N-methyl/N-ethyl adjacent to an activating group) is 1. The predicted octanol–water partition coefficient (Wildman–Crippen LogP) is 1.35. The molecule has 0 aliphatic rings. The molecule has 7 heteroatoms. The highest BCUT2D eigenvalue weighted by Gasteiger charge is 2.15. The van der Waals surface area contributed by atoms with Gasteiger partial charge in [-0.15, -0.1) is 0 Å². The molecule has 0 fully saturated rings. The van der Waals surface area contributed by atoms with Crippen molar-refractivity contribution in [2.75, 3.05) is 14.1 Å². The highest BCUT2D eigenvalue weighted by atomic mass is 79.9. The summed E-state index contributed by atoms with van der Waals surface area (Å²) in [5.41, 5.74) is 6.77. The van der Waals surface area contributed by atoms with Gasteiger partial charge in [-0.1, -0.05) is 6.07 Å². The van der Waals surface area contributed by atoms with E-state index in [1.54, 1.807) is 31.3 Å². The van der Waals surface area contributed by atoms with E-state index in [4.69, 9.17) is 5.73 Å². The van der Waals surface area contributed by atoms with E-state index in [1.807, 2.05) is 6.07 Å². The second-order valence-electron chi connectivity index (χ2n) is 3.65. The van der Waals surface area contributed by atoms with Crippen LogP contribution in [0.1, 0.15) is 5.56 Å². The topological polar surface area (TPSA) is 85.3 Å². The Morgan fingerprint density at radius 3 is 2.65 bits per heavy atom. The quantitative estimate of drug-likeness (QED) is 0.515. The van der Waals surface area contributed by atoms with Crippen molar-refractivity contribution in [2.24, 2.45) is 5.73 Å². The van der Waals surface area contributed by atoms with E-state index in [9.17, 15) is 10.1 Å². The zero-order valence-electron chi connectivity index (χ0n) is 9.55. The van der Waals surface area contributed by atoms with Crippen LogP contribution in [0.2, 0.25) is 0 Å². The van der Waals surface area contributed by atoms with Gasteiger partial charge in [-0.05, 0) is 32.5 Å². The molecule has 0 saturated heterocycles. The highest BCUT2D eigenvalue weighted by molar-refractivity contribution is 9.10. The number of hydrogen-bond acceptors (Lipinski definition) is 5. The zero-order valence-corrected chi connectivity index (χ0v) is 11.1. The fourth-order valence-corrected chi connectivity index (χ4v) is 1.52. The number of nitrogens with two attached hydrogens (primary N) is 1. The molecule has 0 bridgehead atoms. The molecule has 1 aromatic rings. The maximum atomic E-state index is 10.7. The number of aromatic nitrogens is 1. The van der Waals surface area contributed by atoms with Crippen molar-refractivity contribution in [3.05, 3.63) is 50.1 Å². The summed E-state index contributed by atoms with van der Waals surface area (Å²) < 4.78 is 0.721. The number of hydrogen-bond donors (Lipinski definition) is 1. The van der Waals surface area contributed by atoms with Crippen LogP contribution in [-0.4, -0.2) is 28.9 Å². The van der Waals surface area contributed by atoms with Crippen LogP contribution in [0.4, 0.5) is 0 Å². The van der Waals surface area contributed by atoms with E-state index in [1.165, 1.54) is 0 Å². The van der Waals surface area contributed by atoms with E-state index in [2.05, 4.69) is 20.9 Å². The van der Waals surface area contributed by atoms with Crippen LogP contribution < -0.4 is 5.73 Å². The molecule has 0 spiro atoms. The van der Waals surface area contributed by atoms with Crippen LogP contribution >= 0.6 is 15.9 Å². The van der Waals surface area contributed by atoms with Gasteiger partial charge >= 0.3 is 5.82 Å². The van der Waals surface area contributed by atoms with Gasteiger partial charge in [0.05, 0.1) is 0 Å². The Morgan fingerprint density at radius 1 is 1.59 bits per heavy atom. The number of nitro groups is 1. The van der Waals surface area contributed by atoms with Crippen molar-refractivity contribution in [1.82, 2.24) is 9.88 Å². The van der Waals surface area contributed by atoms with E-state index in [-0.39, 0.29) is 5.82 Å². The van der Waals surface area contributed by atoms with Crippen molar-refractivity contribution in [3.63, 3.8) is 0 Å². The molecule has 0 saturated carbocycles. The lowest BCUT2D eigenvalue weighted by atomic mass is 10.1. The SMILES string of the molecule is CN(C)C(Cc1ccc(Br)nc1)=C(N)[N+](=O)[O-]. The molecule has 17 heavy (non-hydrogen) atoms. The normalized spacial score (nSPS) is 11.9. The molecule has 6 nitrogen and oxygen atoms in total. The third kappa shape index (κ3) is 3.70. The van der Waals surface area contributed by atoms with Gasteiger partial charge < -0.3 is 15.0 Å². The Labute approximate surface area is 107 Å². The number of nitrogens with zero attached hydrogens (tertiary/aromatic N) is 3. The lowest BCUT2D eigenvalue weighted by Gasteiger charge is -2.16. The summed E-state index contributed by atoms with van der Waals surface area (Å²) >= 11 is 3.23. The molecular weight excluding hydrogens is 288 g/mol. The predicted molar refractivity (Wildman–Crippen MR) is 67.5 cm³/mol. The highest BCUT2D eigenvalue weighted by Crippen LogP contribution is 2.13. The van der Waals surface area contributed by atoms with Gasteiger partial charge in [0, 0.05) is 26.7 Å². The van der Waals surface area contributed by atoms with E-state index in [0.29, 0.717) is 12.1 Å². The second-order valence-corrected chi connectivity index (χ2v) is 4.46. The third-order valence-corrected chi connectivity index (χ3v) is 2.66. The Morgan fingerprint density at radius 2 is 2.24 bits per heavy atom. The van der Waals surface area contributed by atoms with Crippen LogP contribution in [-0.2, 0) is 6.42 Å². The van der Waals surface area contributed by atoms with Gasteiger partial charge in [0.2, 0.25) is 0 Å². The molecule has 0 unspecified atom stereocenters. The largest absolute Gasteiger partial charge is 0.374 e. The Bertz CT molecular complexity index is 442. The van der Waals surface area contributed by atoms with Crippen molar-refractivity contribution < 1.29 is 4.92 Å². The van der Waals surface area contributed by atoms with Crippen molar-refractivity contribution >= 4 is 15.9 Å². The van der Waals surface area contributed by atoms with Gasteiger partial charge in [-0.25, -0.2) is 4.98 Å². The third-order valence-electron chi connectivity index (χ3n) is 2.19. The summed E-state index contributed by atoms with van der Waals surface area (Å²) in [4.78, 5) is 15.8. The molecule has 1 aromatic heterocycles. The maximum Gasteiger partial charge on any atom is 0.333 e. The summed E-state index contributed by atoms with van der Waals surface area (Å²) in [6, 6.07) is 3.62. The molecular formula is C10H13BrN4O2. The monoisotopic (exact) mass is 300 g/mol. The van der Waals surface area contributed by atoms with Crippen molar-refractivity contribution in [1.29, 1.82) is 0 Å². The Hall–Kier alpha value is -1.63. The number of pyridine rings is 1. The van der Waals surface area contributed by atoms with E-state index in [0.717, 1.165) is 10.2 Å². The Balaban J connectivity index is 3.00. The summed E-state index contributed by atoms with van der Waals surface area (Å²) in [6.07, 6.45) is 2.03. The van der Waals surface area contributed by atoms with Crippen LogP contribution in [0.3, 0.4) is 0 Å². The van der Waals surface area contributed by atoms with Gasteiger partial charge in [0.25, 0.3) is 0 Å². The minimum atomic E-state index is -0.582. The first-order chi connectivity index (χ1) is 7.91. The van der Waals surface area contributed by atoms with Gasteiger partial charge in [-0.2, -0.15) is 0 Å². The fraction of sp³-hybridized carbons (Fsp3) is 0.300. The zero-order chi connectivity index (χ0) is 13.0.